The van der Waals surface area contributed by atoms with E-state index in [0.717, 1.165) is 5.56 Å². The van der Waals surface area contributed by atoms with E-state index in [4.69, 9.17) is 9.52 Å². The van der Waals surface area contributed by atoms with Crippen LogP contribution in [0.15, 0.2) is 22.6 Å². The minimum absolute atomic E-state index is 0.276. The van der Waals surface area contributed by atoms with Crippen LogP contribution >= 0.6 is 0 Å². The van der Waals surface area contributed by atoms with Crippen molar-refractivity contribution < 1.29 is 14.3 Å². The van der Waals surface area contributed by atoms with E-state index in [0.29, 0.717) is 16.7 Å². The van der Waals surface area contributed by atoms with Crippen LogP contribution in [-0.2, 0) is 0 Å². The van der Waals surface area contributed by atoms with Crippen LogP contribution < -0.4 is 0 Å². The van der Waals surface area contributed by atoms with Crippen molar-refractivity contribution >= 4 is 16.9 Å². The van der Waals surface area contributed by atoms with Crippen LogP contribution in [0.2, 0.25) is 0 Å². The summed E-state index contributed by atoms with van der Waals surface area (Å²) < 4.78 is 5.36. The number of benzene rings is 1. The molecular formula is C11H10O3. The number of fused-ring (bicyclic) bond motifs is 1. The molecule has 0 radical (unpaired) electrons. The van der Waals surface area contributed by atoms with Gasteiger partial charge in [-0.05, 0) is 25.5 Å². The van der Waals surface area contributed by atoms with Gasteiger partial charge in [0.1, 0.15) is 16.9 Å². The maximum Gasteiger partial charge on any atom is 0.339 e. The van der Waals surface area contributed by atoms with Crippen LogP contribution in [0, 0.1) is 13.8 Å². The van der Waals surface area contributed by atoms with E-state index in [1.54, 1.807) is 13.0 Å². The molecule has 14 heavy (non-hydrogen) atoms. The summed E-state index contributed by atoms with van der Waals surface area (Å²) in [5, 5.41) is 9.72. The van der Waals surface area contributed by atoms with Crippen LogP contribution in [0.25, 0.3) is 11.0 Å². The first-order valence-corrected chi connectivity index (χ1v) is 4.33. The van der Waals surface area contributed by atoms with Gasteiger partial charge >= 0.3 is 5.97 Å². The van der Waals surface area contributed by atoms with Crippen molar-refractivity contribution in [2.75, 3.05) is 0 Å². The number of carbonyl (C=O) groups is 1. The largest absolute Gasteiger partial charge is 0.478 e. The first kappa shape index (κ1) is 8.81. The molecule has 0 unspecified atom stereocenters. The lowest BCUT2D eigenvalue weighted by Gasteiger charge is -1.95. The van der Waals surface area contributed by atoms with Gasteiger partial charge in [-0.1, -0.05) is 12.1 Å². The third-order valence-corrected chi connectivity index (χ3v) is 2.31. The zero-order valence-corrected chi connectivity index (χ0v) is 8.00. The van der Waals surface area contributed by atoms with Gasteiger partial charge in [0.25, 0.3) is 0 Å². The van der Waals surface area contributed by atoms with Gasteiger partial charge in [-0.3, -0.25) is 0 Å². The van der Waals surface area contributed by atoms with Crippen LogP contribution in [0.1, 0.15) is 21.7 Å². The number of hydrogen-bond donors (Lipinski definition) is 1. The molecular weight excluding hydrogens is 180 g/mol. The van der Waals surface area contributed by atoms with Crippen molar-refractivity contribution in [1.29, 1.82) is 0 Å². The van der Waals surface area contributed by atoms with E-state index in [2.05, 4.69) is 0 Å². The Morgan fingerprint density at radius 2 is 2.07 bits per heavy atom. The van der Waals surface area contributed by atoms with Crippen LogP contribution in [0.4, 0.5) is 0 Å². The van der Waals surface area contributed by atoms with E-state index in [1.807, 2.05) is 19.1 Å². The first-order chi connectivity index (χ1) is 6.61. The Morgan fingerprint density at radius 1 is 1.36 bits per heavy atom. The van der Waals surface area contributed by atoms with E-state index < -0.39 is 5.97 Å². The number of furan rings is 1. The van der Waals surface area contributed by atoms with Crippen molar-refractivity contribution in [1.82, 2.24) is 0 Å². The van der Waals surface area contributed by atoms with Crippen molar-refractivity contribution in [3.8, 4) is 0 Å². The number of aryl methyl sites for hydroxylation is 2. The summed E-state index contributed by atoms with van der Waals surface area (Å²) in [5.74, 6) is -0.475. The Hall–Kier alpha value is -1.77. The molecule has 0 saturated carbocycles. The van der Waals surface area contributed by atoms with Crippen LogP contribution in [-0.4, -0.2) is 11.1 Å². The standard InChI is InChI=1S/C11H10O3/c1-6-4-3-5-8-9(6)10(11(12)13)7(2)14-8/h3-5H,1-2H3,(H,12,13). The highest BCUT2D eigenvalue weighted by atomic mass is 16.4. The van der Waals surface area contributed by atoms with Gasteiger partial charge in [-0.25, -0.2) is 4.79 Å². The summed E-state index contributed by atoms with van der Waals surface area (Å²) in [4.78, 5) is 11.0. The van der Waals surface area contributed by atoms with Crippen molar-refractivity contribution in [3.63, 3.8) is 0 Å². The molecule has 0 aliphatic rings. The van der Waals surface area contributed by atoms with Gasteiger partial charge in [0.2, 0.25) is 0 Å². The molecule has 0 amide bonds. The van der Waals surface area contributed by atoms with Crippen LogP contribution in [0.5, 0.6) is 0 Å². The minimum Gasteiger partial charge on any atom is -0.478 e. The Kier molecular flexibility index (Phi) is 1.81. The first-order valence-electron chi connectivity index (χ1n) is 4.33. The third kappa shape index (κ3) is 1.09. The Bertz CT molecular complexity index is 508. The Morgan fingerprint density at radius 3 is 2.71 bits per heavy atom. The molecule has 0 bridgehead atoms. The molecule has 3 nitrogen and oxygen atoms in total. The summed E-state index contributed by atoms with van der Waals surface area (Å²) in [6, 6.07) is 5.51. The van der Waals surface area contributed by atoms with Crippen molar-refractivity contribution in [2.45, 2.75) is 13.8 Å². The highest BCUT2D eigenvalue weighted by Gasteiger charge is 2.18. The molecule has 0 fully saturated rings. The molecule has 0 aliphatic heterocycles. The quantitative estimate of drug-likeness (QED) is 0.752. The molecule has 0 atom stereocenters. The molecule has 2 aromatic rings. The lowest BCUT2D eigenvalue weighted by atomic mass is 10.1. The smallest absolute Gasteiger partial charge is 0.339 e. The SMILES string of the molecule is Cc1oc2cccc(C)c2c1C(=O)O. The summed E-state index contributed by atoms with van der Waals surface area (Å²) >= 11 is 0. The van der Waals surface area contributed by atoms with E-state index in [1.165, 1.54) is 0 Å². The van der Waals surface area contributed by atoms with Crippen molar-refractivity contribution in [3.05, 3.63) is 35.1 Å². The molecule has 0 spiro atoms. The number of carboxylic acid groups (broad SMARTS) is 1. The zero-order valence-electron chi connectivity index (χ0n) is 8.00. The second-order valence-corrected chi connectivity index (χ2v) is 3.29. The maximum atomic E-state index is 11.0. The molecule has 0 saturated heterocycles. The predicted octanol–water partition coefficient (Wildman–Crippen LogP) is 2.75. The summed E-state index contributed by atoms with van der Waals surface area (Å²) in [7, 11) is 0. The normalized spacial score (nSPS) is 10.7. The van der Waals surface area contributed by atoms with E-state index in [-0.39, 0.29) is 5.56 Å². The molecule has 1 N–H and O–H groups in total. The molecule has 1 heterocycles. The van der Waals surface area contributed by atoms with Gasteiger partial charge in [0.15, 0.2) is 0 Å². The fourth-order valence-corrected chi connectivity index (χ4v) is 1.70. The zero-order chi connectivity index (χ0) is 10.3. The highest BCUT2D eigenvalue weighted by molar-refractivity contribution is 6.04. The lowest BCUT2D eigenvalue weighted by Crippen LogP contribution is -1.97. The third-order valence-electron chi connectivity index (χ3n) is 2.31. The Labute approximate surface area is 81.0 Å². The van der Waals surface area contributed by atoms with Crippen molar-refractivity contribution in [2.24, 2.45) is 0 Å². The topological polar surface area (TPSA) is 50.4 Å². The highest BCUT2D eigenvalue weighted by Crippen LogP contribution is 2.27. The fourth-order valence-electron chi connectivity index (χ4n) is 1.70. The van der Waals surface area contributed by atoms with Gasteiger partial charge in [-0.2, -0.15) is 0 Å². The predicted molar refractivity (Wildman–Crippen MR) is 52.6 cm³/mol. The number of hydrogen-bond acceptors (Lipinski definition) is 2. The second kappa shape index (κ2) is 2.87. The van der Waals surface area contributed by atoms with E-state index in [9.17, 15) is 4.79 Å². The number of aromatic carboxylic acids is 1. The van der Waals surface area contributed by atoms with Gasteiger partial charge in [0.05, 0.1) is 0 Å². The number of carboxylic acids is 1. The average molecular weight is 190 g/mol. The van der Waals surface area contributed by atoms with E-state index >= 15 is 0 Å². The van der Waals surface area contributed by atoms with Gasteiger partial charge in [-0.15, -0.1) is 0 Å². The average Bonchev–Trinajstić information content (AvgIpc) is 2.42. The molecule has 1 aromatic heterocycles. The fraction of sp³-hybridized carbons (Fsp3) is 0.182. The van der Waals surface area contributed by atoms with Crippen LogP contribution in [0.3, 0.4) is 0 Å². The molecule has 3 heteroatoms. The second-order valence-electron chi connectivity index (χ2n) is 3.29. The molecule has 2 rings (SSSR count). The Balaban J connectivity index is 2.93. The molecule has 72 valence electrons. The lowest BCUT2D eigenvalue weighted by molar-refractivity contribution is 0.0697. The molecule has 1 aromatic carbocycles. The summed E-state index contributed by atoms with van der Waals surface area (Å²) in [6.45, 7) is 3.55. The molecule has 0 aliphatic carbocycles. The monoisotopic (exact) mass is 190 g/mol. The summed E-state index contributed by atoms with van der Waals surface area (Å²) in [5.41, 5.74) is 1.84. The van der Waals surface area contributed by atoms with Gasteiger partial charge in [0, 0.05) is 5.39 Å². The summed E-state index contributed by atoms with van der Waals surface area (Å²) in [6.07, 6.45) is 0. The minimum atomic E-state index is -0.935. The maximum absolute atomic E-state index is 11.0. The number of rotatable bonds is 1. The van der Waals surface area contributed by atoms with Gasteiger partial charge < -0.3 is 9.52 Å².